The molecule has 0 N–H and O–H groups in total. The SMILES string of the molecule is CC1(C)c2ccccc2-c2cc3c(cc21)c1ccccc1n3-c1ccc(-c2nc(-c3ccccc3)nc3c2C(C)(C)c2ccccc2-3)cc1. The van der Waals surface area contributed by atoms with Gasteiger partial charge in [0.05, 0.1) is 22.4 Å². The van der Waals surface area contributed by atoms with E-state index in [0.717, 1.165) is 34.0 Å². The minimum Gasteiger partial charge on any atom is -0.309 e. The molecule has 0 aliphatic heterocycles. The van der Waals surface area contributed by atoms with Gasteiger partial charge in [-0.15, -0.1) is 0 Å². The molecule has 0 amide bonds. The van der Waals surface area contributed by atoms with Crippen molar-refractivity contribution >= 4 is 21.8 Å². The van der Waals surface area contributed by atoms with Crippen LogP contribution in [0.5, 0.6) is 0 Å². The summed E-state index contributed by atoms with van der Waals surface area (Å²) < 4.78 is 2.43. The summed E-state index contributed by atoms with van der Waals surface area (Å²) in [4.78, 5) is 10.5. The van der Waals surface area contributed by atoms with Gasteiger partial charge in [-0.1, -0.05) is 137 Å². The van der Waals surface area contributed by atoms with Gasteiger partial charge in [0.1, 0.15) is 0 Å². The fraction of sp³-hybridized carbons (Fsp3) is 0.130. The number of hydrogen-bond donors (Lipinski definition) is 0. The van der Waals surface area contributed by atoms with Crippen LogP contribution in [0.15, 0.2) is 140 Å². The summed E-state index contributed by atoms with van der Waals surface area (Å²) in [5.41, 5.74) is 16.6. The number of aromatic nitrogens is 3. The van der Waals surface area contributed by atoms with Gasteiger partial charge in [-0.2, -0.15) is 0 Å². The van der Waals surface area contributed by atoms with E-state index in [1.165, 1.54) is 60.8 Å². The van der Waals surface area contributed by atoms with Crippen molar-refractivity contribution in [3.8, 4) is 50.7 Å². The average molecular weight is 630 g/mol. The molecule has 6 aromatic carbocycles. The molecule has 3 nitrogen and oxygen atoms in total. The Kier molecular flexibility index (Phi) is 5.69. The van der Waals surface area contributed by atoms with E-state index in [2.05, 4.69) is 166 Å². The maximum Gasteiger partial charge on any atom is 0.160 e. The molecule has 8 aromatic rings. The van der Waals surface area contributed by atoms with Crippen molar-refractivity contribution in [3.05, 3.63) is 162 Å². The Balaban J connectivity index is 1.18. The summed E-state index contributed by atoms with van der Waals surface area (Å²) in [5, 5.41) is 2.57. The summed E-state index contributed by atoms with van der Waals surface area (Å²) >= 11 is 0. The fourth-order valence-electron chi connectivity index (χ4n) is 8.75. The van der Waals surface area contributed by atoms with Crippen LogP contribution in [0.1, 0.15) is 49.9 Å². The lowest BCUT2D eigenvalue weighted by Crippen LogP contribution is -2.17. The Bertz CT molecular complexity index is 2640. The number of benzene rings is 6. The number of nitrogens with zero attached hydrogens (tertiary/aromatic N) is 3. The Morgan fingerprint density at radius 3 is 1.86 bits per heavy atom. The lowest BCUT2D eigenvalue weighted by Gasteiger charge is -2.24. The summed E-state index contributed by atoms with van der Waals surface area (Å²) in [7, 11) is 0. The first-order chi connectivity index (χ1) is 23.8. The van der Waals surface area contributed by atoms with Crippen LogP contribution >= 0.6 is 0 Å². The molecule has 234 valence electrons. The Morgan fingerprint density at radius 1 is 0.449 bits per heavy atom. The number of fused-ring (bicyclic) bond motifs is 9. The van der Waals surface area contributed by atoms with Gasteiger partial charge in [0.2, 0.25) is 0 Å². The second-order valence-electron chi connectivity index (χ2n) is 14.6. The van der Waals surface area contributed by atoms with Crippen molar-refractivity contribution in [1.82, 2.24) is 14.5 Å². The highest BCUT2D eigenvalue weighted by atomic mass is 15.0. The molecule has 0 spiro atoms. The molecule has 10 rings (SSSR count). The lowest BCUT2D eigenvalue weighted by molar-refractivity contribution is 0.658. The molecule has 0 bridgehead atoms. The van der Waals surface area contributed by atoms with Crippen LogP contribution in [0.3, 0.4) is 0 Å². The van der Waals surface area contributed by atoms with Crippen molar-refractivity contribution in [2.45, 2.75) is 38.5 Å². The van der Waals surface area contributed by atoms with E-state index >= 15 is 0 Å². The van der Waals surface area contributed by atoms with E-state index in [1.54, 1.807) is 0 Å². The smallest absolute Gasteiger partial charge is 0.160 e. The predicted molar refractivity (Wildman–Crippen MR) is 202 cm³/mol. The average Bonchev–Trinajstić information content (AvgIpc) is 3.68. The third kappa shape index (κ3) is 3.84. The maximum atomic E-state index is 5.31. The largest absolute Gasteiger partial charge is 0.309 e. The number of para-hydroxylation sites is 1. The van der Waals surface area contributed by atoms with Gasteiger partial charge in [0.25, 0.3) is 0 Å². The molecule has 2 aliphatic carbocycles. The van der Waals surface area contributed by atoms with Crippen molar-refractivity contribution in [1.29, 1.82) is 0 Å². The molecule has 0 saturated heterocycles. The summed E-state index contributed by atoms with van der Waals surface area (Å²) in [5.74, 6) is 0.755. The van der Waals surface area contributed by atoms with E-state index in [4.69, 9.17) is 9.97 Å². The van der Waals surface area contributed by atoms with Crippen LogP contribution in [0.4, 0.5) is 0 Å². The minimum absolute atomic E-state index is 0.0468. The fourth-order valence-corrected chi connectivity index (χ4v) is 8.75. The Labute approximate surface area is 286 Å². The summed E-state index contributed by atoms with van der Waals surface area (Å²) in [6, 6.07) is 50.6. The normalized spacial score (nSPS) is 14.9. The molecule has 0 saturated carbocycles. The molecule has 0 unspecified atom stereocenters. The number of hydrogen-bond acceptors (Lipinski definition) is 2. The lowest BCUT2D eigenvalue weighted by atomic mass is 9.81. The molecule has 2 aromatic heterocycles. The molecule has 2 aliphatic rings. The monoisotopic (exact) mass is 629 g/mol. The molecule has 3 heteroatoms. The van der Waals surface area contributed by atoms with Gasteiger partial charge in [-0.3, -0.25) is 0 Å². The Hall–Kier alpha value is -5.80. The van der Waals surface area contributed by atoms with Gasteiger partial charge < -0.3 is 4.57 Å². The third-order valence-electron chi connectivity index (χ3n) is 11.2. The van der Waals surface area contributed by atoms with E-state index in [-0.39, 0.29) is 10.8 Å². The van der Waals surface area contributed by atoms with E-state index in [0.29, 0.717) is 0 Å². The zero-order chi connectivity index (χ0) is 33.1. The molecular weight excluding hydrogens is 595 g/mol. The van der Waals surface area contributed by atoms with Crippen molar-refractivity contribution < 1.29 is 0 Å². The van der Waals surface area contributed by atoms with Crippen LogP contribution < -0.4 is 0 Å². The van der Waals surface area contributed by atoms with Crippen LogP contribution in [0, 0.1) is 0 Å². The van der Waals surface area contributed by atoms with Gasteiger partial charge in [-0.05, 0) is 58.1 Å². The summed E-state index contributed by atoms with van der Waals surface area (Å²) in [6.07, 6.45) is 0. The first kappa shape index (κ1) is 28.2. The van der Waals surface area contributed by atoms with Gasteiger partial charge in [-0.25, -0.2) is 9.97 Å². The topological polar surface area (TPSA) is 30.7 Å². The van der Waals surface area contributed by atoms with Crippen molar-refractivity contribution in [2.24, 2.45) is 0 Å². The minimum atomic E-state index is -0.230. The zero-order valence-corrected chi connectivity index (χ0v) is 28.1. The molecule has 49 heavy (non-hydrogen) atoms. The highest BCUT2D eigenvalue weighted by Crippen LogP contribution is 2.52. The molecule has 0 radical (unpaired) electrons. The standard InChI is InChI=1S/C46H35N3/c1-45(2)36-19-11-8-16-31(36)34-27-40-35(26-38(34)45)32-17-10-13-21-39(32)49(40)30-24-22-28(23-25-30)42-41-43(33-18-9-12-20-37(33)46(41,3)4)48-44(47-42)29-14-6-5-7-15-29/h5-27H,1-4H3. The second kappa shape index (κ2) is 9.87. The van der Waals surface area contributed by atoms with Crippen molar-refractivity contribution in [2.75, 3.05) is 0 Å². The molecular formula is C46H35N3. The van der Waals surface area contributed by atoms with Crippen LogP contribution in [0.25, 0.3) is 72.5 Å². The van der Waals surface area contributed by atoms with E-state index in [9.17, 15) is 0 Å². The van der Waals surface area contributed by atoms with Gasteiger partial charge >= 0.3 is 0 Å². The highest BCUT2D eigenvalue weighted by Gasteiger charge is 2.40. The highest BCUT2D eigenvalue weighted by molar-refractivity contribution is 6.11. The van der Waals surface area contributed by atoms with Crippen molar-refractivity contribution in [3.63, 3.8) is 0 Å². The van der Waals surface area contributed by atoms with Crippen LogP contribution in [-0.2, 0) is 10.8 Å². The number of rotatable bonds is 3. The molecule has 0 fully saturated rings. The van der Waals surface area contributed by atoms with E-state index in [1.807, 2.05) is 6.07 Å². The maximum absolute atomic E-state index is 5.31. The first-order valence-electron chi connectivity index (χ1n) is 17.2. The van der Waals surface area contributed by atoms with E-state index < -0.39 is 0 Å². The third-order valence-corrected chi connectivity index (χ3v) is 11.2. The second-order valence-corrected chi connectivity index (χ2v) is 14.6. The Morgan fingerprint density at radius 2 is 1.08 bits per heavy atom. The van der Waals surface area contributed by atoms with Crippen LogP contribution in [-0.4, -0.2) is 14.5 Å². The summed E-state index contributed by atoms with van der Waals surface area (Å²) in [6.45, 7) is 9.32. The molecule has 2 heterocycles. The first-order valence-corrected chi connectivity index (χ1v) is 17.2. The quantitative estimate of drug-likeness (QED) is 0.195. The van der Waals surface area contributed by atoms with Gasteiger partial charge in [0.15, 0.2) is 5.82 Å². The predicted octanol–water partition coefficient (Wildman–Crippen LogP) is 11.5. The van der Waals surface area contributed by atoms with Gasteiger partial charge in [0, 0.05) is 49.5 Å². The zero-order valence-electron chi connectivity index (χ0n) is 28.1. The van der Waals surface area contributed by atoms with Crippen LogP contribution in [0.2, 0.25) is 0 Å². The molecule has 0 atom stereocenters.